The number of allylic oxidation sites excluding steroid dienone is 2. The zero-order valence-corrected chi connectivity index (χ0v) is 6.00. The van der Waals surface area contributed by atoms with Gasteiger partial charge in [0.25, 0.3) is 0 Å². The molecule has 1 heterocycles. The van der Waals surface area contributed by atoms with Gasteiger partial charge in [0.05, 0.1) is 5.57 Å². The number of alkyl halides is 3. The highest BCUT2D eigenvalue weighted by Gasteiger charge is 2.33. The van der Waals surface area contributed by atoms with Gasteiger partial charge in [-0.05, 0) is 24.8 Å². The summed E-state index contributed by atoms with van der Waals surface area (Å²) in [5, 5.41) is 2.70. The first-order valence-electron chi connectivity index (χ1n) is 3.18. The topological polar surface area (TPSA) is 12.0 Å². The molecule has 0 aromatic carbocycles. The van der Waals surface area contributed by atoms with E-state index in [1.807, 2.05) is 0 Å². The summed E-state index contributed by atoms with van der Waals surface area (Å²) in [6.07, 6.45) is -1.84. The van der Waals surface area contributed by atoms with E-state index < -0.39 is 11.7 Å². The number of rotatable bonds is 0. The minimum absolute atomic E-state index is 0.283. The highest BCUT2D eigenvalue weighted by Crippen LogP contribution is 2.29. The molecular formula is C7H8F3N. The van der Waals surface area contributed by atoms with Crippen LogP contribution in [0, 0.1) is 0 Å². The second kappa shape index (κ2) is 2.60. The summed E-state index contributed by atoms with van der Waals surface area (Å²) in [7, 11) is 0. The van der Waals surface area contributed by atoms with Gasteiger partial charge in [0, 0.05) is 6.54 Å². The average molecular weight is 163 g/mol. The average Bonchev–Trinajstić information content (AvgIpc) is 1.86. The lowest BCUT2D eigenvalue weighted by molar-refractivity contribution is -0.0892. The van der Waals surface area contributed by atoms with E-state index >= 15 is 0 Å². The van der Waals surface area contributed by atoms with Crippen LogP contribution in [0.15, 0.2) is 23.4 Å². The van der Waals surface area contributed by atoms with Crippen molar-refractivity contribution in [1.29, 1.82) is 0 Å². The number of dihydropyridines is 1. The summed E-state index contributed by atoms with van der Waals surface area (Å²) in [6, 6.07) is 0. The van der Waals surface area contributed by atoms with Crippen molar-refractivity contribution in [2.24, 2.45) is 0 Å². The van der Waals surface area contributed by atoms with Crippen molar-refractivity contribution in [3.05, 3.63) is 23.4 Å². The van der Waals surface area contributed by atoms with Gasteiger partial charge in [0.2, 0.25) is 0 Å². The van der Waals surface area contributed by atoms with E-state index in [4.69, 9.17) is 0 Å². The summed E-state index contributed by atoms with van der Waals surface area (Å²) in [5.41, 5.74) is -0.198. The SMILES string of the molecule is CC1=C(C(F)(F)F)C=CNC1. The Labute approximate surface area is 62.6 Å². The molecule has 11 heavy (non-hydrogen) atoms. The fourth-order valence-electron chi connectivity index (χ4n) is 0.928. The number of hydrogen-bond donors (Lipinski definition) is 1. The van der Waals surface area contributed by atoms with E-state index in [0.29, 0.717) is 5.57 Å². The first-order valence-corrected chi connectivity index (χ1v) is 3.18. The molecule has 1 aliphatic heterocycles. The summed E-state index contributed by atoms with van der Waals surface area (Å²) in [6.45, 7) is 1.75. The minimum atomic E-state index is -4.21. The van der Waals surface area contributed by atoms with Crippen LogP contribution in [0.3, 0.4) is 0 Å². The van der Waals surface area contributed by atoms with Gasteiger partial charge in [-0.2, -0.15) is 13.2 Å². The van der Waals surface area contributed by atoms with E-state index in [1.165, 1.54) is 13.1 Å². The van der Waals surface area contributed by atoms with Gasteiger partial charge in [0.15, 0.2) is 0 Å². The third kappa shape index (κ3) is 1.76. The highest BCUT2D eigenvalue weighted by molar-refractivity contribution is 5.32. The van der Waals surface area contributed by atoms with Crippen LogP contribution in [0.2, 0.25) is 0 Å². The van der Waals surface area contributed by atoms with E-state index in [2.05, 4.69) is 5.32 Å². The lowest BCUT2D eigenvalue weighted by atomic mass is 10.1. The maximum absolute atomic E-state index is 12.1. The van der Waals surface area contributed by atoms with Gasteiger partial charge in [-0.25, -0.2) is 0 Å². The van der Waals surface area contributed by atoms with Crippen LogP contribution in [-0.4, -0.2) is 12.7 Å². The molecular weight excluding hydrogens is 155 g/mol. The molecule has 0 aromatic heterocycles. The zero-order chi connectivity index (χ0) is 8.48. The molecule has 1 rings (SSSR count). The number of nitrogens with one attached hydrogen (secondary N) is 1. The van der Waals surface area contributed by atoms with E-state index in [0.717, 1.165) is 6.08 Å². The number of halogens is 3. The smallest absolute Gasteiger partial charge is 0.387 e. The lowest BCUT2D eigenvalue weighted by Gasteiger charge is -2.15. The standard InChI is InChI=1S/C7H8F3N/c1-5-4-11-3-2-6(5)7(8,9)10/h2-3,11H,4H2,1H3. The van der Waals surface area contributed by atoms with Gasteiger partial charge in [-0.15, -0.1) is 0 Å². The van der Waals surface area contributed by atoms with Crippen molar-refractivity contribution < 1.29 is 13.2 Å². The Morgan fingerprint density at radius 3 is 2.45 bits per heavy atom. The van der Waals surface area contributed by atoms with Gasteiger partial charge >= 0.3 is 6.18 Å². The Kier molecular flexibility index (Phi) is 1.93. The normalized spacial score (nSPS) is 18.5. The van der Waals surface area contributed by atoms with Gasteiger partial charge in [-0.1, -0.05) is 0 Å². The zero-order valence-electron chi connectivity index (χ0n) is 6.00. The van der Waals surface area contributed by atoms with Crippen molar-refractivity contribution in [3.8, 4) is 0 Å². The fourth-order valence-corrected chi connectivity index (χ4v) is 0.928. The quantitative estimate of drug-likeness (QED) is 0.575. The third-order valence-electron chi connectivity index (χ3n) is 1.50. The van der Waals surface area contributed by atoms with Crippen molar-refractivity contribution >= 4 is 0 Å². The van der Waals surface area contributed by atoms with Crippen molar-refractivity contribution in [1.82, 2.24) is 5.32 Å². The van der Waals surface area contributed by atoms with E-state index in [-0.39, 0.29) is 6.54 Å². The lowest BCUT2D eigenvalue weighted by Crippen LogP contribution is -2.21. The Bertz CT molecular complexity index is 212. The predicted octanol–water partition coefficient (Wildman–Crippen LogP) is 1.98. The monoisotopic (exact) mass is 163 g/mol. The molecule has 1 nitrogen and oxygen atoms in total. The van der Waals surface area contributed by atoms with Crippen LogP contribution in [0.25, 0.3) is 0 Å². The summed E-state index contributed by atoms with van der Waals surface area (Å²) in [4.78, 5) is 0. The Hall–Kier alpha value is -0.930. The molecule has 0 amide bonds. The number of hydrogen-bond acceptors (Lipinski definition) is 1. The molecule has 0 aromatic rings. The van der Waals surface area contributed by atoms with E-state index in [1.54, 1.807) is 0 Å². The molecule has 1 aliphatic rings. The van der Waals surface area contributed by atoms with Crippen LogP contribution in [-0.2, 0) is 0 Å². The van der Waals surface area contributed by atoms with Gasteiger partial charge in [0.1, 0.15) is 0 Å². The first kappa shape index (κ1) is 8.17. The molecule has 0 saturated carbocycles. The highest BCUT2D eigenvalue weighted by atomic mass is 19.4. The van der Waals surface area contributed by atoms with Gasteiger partial charge < -0.3 is 5.32 Å². The van der Waals surface area contributed by atoms with Crippen LogP contribution in [0.1, 0.15) is 6.92 Å². The van der Waals surface area contributed by atoms with Crippen LogP contribution in [0.5, 0.6) is 0 Å². The Morgan fingerprint density at radius 2 is 2.09 bits per heavy atom. The second-order valence-electron chi connectivity index (χ2n) is 2.41. The van der Waals surface area contributed by atoms with Crippen LogP contribution in [0.4, 0.5) is 13.2 Å². The predicted molar refractivity (Wildman–Crippen MR) is 35.9 cm³/mol. The maximum Gasteiger partial charge on any atom is 0.416 e. The van der Waals surface area contributed by atoms with Crippen molar-refractivity contribution in [2.75, 3.05) is 6.54 Å². The van der Waals surface area contributed by atoms with E-state index in [9.17, 15) is 13.2 Å². The van der Waals surface area contributed by atoms with Crippen LogP contribution < -0.4 is 5.32 Å². The molecule has 1 N–H and O–H groups in total. The maximum atomic E-state index is 12.1. The molecule has 0 unspecified atom stereocenters. The molecule has 0 saturated heterocycles. The molecule has 0 atom stereocenters. The molecule has 0 aliphatic carbocycles. The first-order chi connectivity index (χ1) is 5.02. The second-order valence-corrected chi connectivity index (χ2v) is 2.41. The summed E-state index contributed by atoms with van der Waals surface area (Å²) < 4.78 is 36.2. The summed E-state index contributed by atoms with van der Waals surface area (Å²) in [5.74, 6) is 0. The third-order valence-corrected chi connectivity index (χ3v) is 1.50. The molecule has 62 valence electrons. The Morgan fingerprint density at radius 1 is 1.45 bits per heavy atom. The molecule has 0 bridgehead atoms. The van der Waals surface area contributed by atoms with Crippen molar-refractivity contribution in [3.63, 3.8) is 0 Å². The molecule has 4 heteroatoms. The molecule has 0 spiro atoms. The molecule has 0 radical (unpaired) electrons. The van der Waals surface area contributed by atoms with Crippen molar-refractivity contribution in [2.45, 2.75) is 13.1 Å². The van der Waals surface area contributed by atoms with Crippen LogP contribution >= 0.6 is 0 Å². The summed E-state index contributed by atoms with van der Waals surface area (Å²) >= 11 is 0. The molecule has 0 fully saturated rings. The Balaban J connectivity index is 2.93. The minimum Gasteiger partial charge on any atom is -0.387 e. The fraction of sp³-hybridized carbons (Fsp3) is 0.429. The van der Waals surface area contributed by atoms with Gasteiger partial charge in [-0.3, -0.25) is 0 Å². The largest absolute Gasteiger partial charge is 0.416 e.